The van der Waals surface area contributed by atoms with Crippen molar-refractivity contribution in [2.75, 3.05) is 5.32 Å². The number of nitrogens with zero attached hydrogens (tertiary/aromatic N) is 1. The molecule has 0 aliphatic heterocycles. The van der Waals surface area contributed by atoms with Crippen LogP contribution in [0.3, 0.4) is 0 Å². The zero-order valence-electron chi connectivity index (χ0n) is 21.3. The lowest BCUT2D eigenvalue weighted by atomic mass is 9.69. The summed E-state index contributed by atoms with van der Waals surface area (Å²) in [6.45, 7) is 0. The van der Waals surface area contributed by atoms with E-state index >= 15 is 0 Å². The predicted molar refractivity (Wildman–Crippen MR) is 142 cm³/mol. The highest BCUT2D eigenvalue weighted by molar-refractivity contribution is 7.92. The first-order chi connectivity index (χ1) is 19.3. The second-order valence-corrected chi connectivity index (χ2v) is 13.1. The van der Waals surface area contributed by atoms with Crippen LogP contribution in [0.1, 0.15) is 47.8 Å². The van der Waals surface area contributed by atoms with Gasteiger partial charge in [-0.15, -0.1) is 0 Å². The van der Waals surface area contributed by atoms with Gasteiger partial charge < -0.3 is 20.6 Å². The zero-order valence-corrected chi connectivity index (χ0v) is 22.9. The quantitative estimate of drug-likeness (QED) is 0.315. The van der Waals surface area contributed by atoms with Gasteiger partial charge in [-0.05, 0) is 80.0 Å². The molecule has 218 valence electrons. The van der Waals surface area contributed by atoms with E-state index in [0.29, 0.717) is 12.8 Å². The number of hydrogen-bond donors (Lipinski definition) is 4. The average molecular weight is 611 g/mol. The Morgan fingerprint density at radius 3 is 2.29 bits per heavy atom. The molecule has 1 aromatic heterocycles. The van der Waals surface area contributed by atoms with Crippen LogP contribution >= 0.6 is 11.6 Å². The molecule has 4 atom stereocenters. The number of fused-ring (bicyclic) bond motifs is 2. The van der Waals surface area contributed by atoms with Crippen LogP contribution < -0.4 is 5.32 Å². The van der Waals surface area contributed by atoms with Crippen molar-refractivity contribution in [2.24, 2.45) is 11.8 Å². The van der Waals surface area contributed by atoms with Gasteiger partial charge in [-0.25, -0.2) is 21.6 Å². The van der Waals surface area contributed by atoms with Gasteiger partial charge in [0.15, 0.2) is 21.5 Å². The van der Waals surface area contributed by atoms with E-state index in [1.54, 1.807) is 0 Å². The van der Waals surface area contributed by atoms with Gasteiger partial charge in [0, 0.05) is 17.3 Å². The summed E-state index contributed by atoms with van der Waals surface area (Å²) < 4.78 is 67.6. The second kappa shape index (κ2) is 11.0. The maximum absolute atomic E-state index is 13.8. The van der Waals surface area contributed by atoms with Crippen LogP contribution in [-0.2, 0) is 9.84 Å². The third kappa shape index (κ3) is 5.35. The summed E-state index contributed by atoms with van der Waals surface area (Å²) in [7, 11) is -4.14. The molecule has 2 fully saturated rings. The highest BCUT2D eigenvalue weighted by atomic mass is 35.5. The fraction of sp³-hybridized carbons (Fsp3) is 0.357. The van der Waals surface area contributed by atoms with Crippen molar-refractivity contribution in [3.05, 3.63) is 88.5 Å². The standard InChI is InChI=1S/C28H26ClF3N2O6S/c29-20-6-1-14(27(37)34-18-5-7-21(31)22(32)12-18)9-24(20)41(39,40)19-10-15-2-3-16(11-19)28(15,38)26(36)25(35)23-8-4-17(30)13-33-23/h1,4-9,12-13,15-16,19,25-26,35-36,38H,2-3,10-11H2,(H,34,37). The van der Waals surface area contributed by atoms with Gasteiger partial charge in [-0.2, -0.15) is 0 Å². The molecule has 2 aromatic carbocycles. The summed E-state index contributed by atoms with van der Waals surface area (Å²) in [4.78, 5) is 16.3. The minimum absolute atomic E-state index is 0.0343. The molecule has 3 aromatic rings. The topological polar surface area (TPSA) is 137 Å². The number of sulfone groups is 1. The Balaban J connectivity index is 1.36. The van der Waals surface area contributed by atoms with Crippen LogP contribution in [0, 0.1) is 29.3 Å². The highest BCUT2D eigenvalue weighted by Crippen LogP contribution is 2.55. The first kappa shape index (κ1) is 29.5. The van der Waals surface area contributed by atoms with Crippen molar-refractivity contribution in [2.45, 2.75) is 53.6 Å². The van der Waals surface area contributed by atoms with Crippen molar-refractivity contribution in [1.29, 1.82) is 0 Å². The summed E-state index contributed by atoms with van der Waals surface area (Å²) >= 11 is 6.26. The predicted octanol–water partition coefficient (Wildman–Crippen LogP) is 4.19. The molecule has 5 rings (SSSR count). The summed E-state index contributed by atoms with van der Waals surface area (Å²) in [6.07, 6.45) is -1.74. The molecule has 2 bridgehead atoms. The van der Waals surface area contributed by atoms with E-state index in [1.807, 2.05) is 0 Å². The molecule has 2 aliphatic carbocycles. The Morgan fingerprint density at radius 2 is 1.68 bits per heavy atom. The number of aliphatic hydroxyl groups is 3. The van der Waals surface area contributed by atoms with E-state index in [2.05, 4.69) is 10.3 Å². The van der Waals surface area contributed by atoms with Gasteiger partial charge in [0.25, 0.3) is 5.91 Å². The Hall–Kier alpha value is -3.03. The van der Waals surface area contributed by atoms with Crippen molar-refractivity contribution in [3.63, 3.8) is 0 Å². The SMILES string of the molecule is O=C(Nc1ccc(F)c(F)c1)c1ccc(Cl)c(S(=O)(=O)C2CC3CCC(C2)C3(O)C(O)C(O)c2ccc(F)cn2)c1. The summed E-state index contributed by atoms with van der Waals surface area (Å²) in [5.74, 6) is -5.04. The van der Waals surface area contributed by atoms with Gasteiger partial charge in [-0.3, -0.25) is 9.78 Å². The van der Waals surface area contributed by atoms with Gasteiger partial charge in [0.05, 0.1) is 32.7 Å². The number of aromatic nitrogens is 1. The van der Waals surface area contributed by atoms with E-state index in [9.17, 15) is 41.7 Å². The molecule has 2 aliphatic rings. The maximum atomic E-state index is 13.8. The lowest BCUT2D eigenvalue weighted by Crippen LogP contribution is -2.57. The second-order valence-electron chi connectivity index (χ2n) is 10.5. The zero-order chi connectivity index (χ0) is 29.7. The van der Waals surface area contributed by atoms with Crippen molar-refractivity contribution < 1.29 is 41.7 Å². The smallest absolute Gasteiger partial charge is 0.255 e. The molecule has 1 amide bonds. The van der Waals surface area contributed by atoms with Crippen LogP contribution in [0.25, 0.3) is 0 Å². The van der Waals surface area contributed by atoms with Gasteiger partial charge >= 0.3 is 0 Å². The molecule has 2 saturated carbocycles. The number of amides is 1. The van der Waals surface area contributed by atoms with Crippen LogP contribution in [-0.4, -0.2) is 51.6 Å². The number of benzene rings is 2. The Bertz CT molecular complexity index is 1580. The van der Waals surface area contributed by atoms with Crippen LogP contribution in [0.5, 0.6) is 0 Å². The first-order valence-electron chi connectivity index (χ1n) is 12.8. The Morgan fingerprint density at radius 1 is 1.00 bits per heavy atom. The minimum atomic E-state index is -4.14. The van der Waals surface area contributed by atoms with E-state index in [4.69, 9.17) is 11.6 Å². The van der Waals surface area contributed by atoms with Crippen molar-refractivity contribution in [3.8, 4) is 0 Å². The molecule has 4 unspecified atom stereocenters. The fourth-order valence-electron chi connectivity index (χ4n) is 6.07. The number of carbonyl (C=O) groups is 1. The largest absolute Gasteiger partial charge is 0.387 e. The molecule has 13 heteroatoms. The molecule has 41 heavy (non-hydrogen) atoms. The van der Waals surface area contributed by atoms with Gasteiger partial charge in [-0.1, -0.05) is 11.6 Å². The number of pyridine rings is 1. The number of aliphatic hydroxyl groups excluding tert-OH is 2. The first-order valence-corrected chi connectivity index (χ1v) is 14.7. The minimum Gasteiger partial charge on any atom is -0.387 e. The Kier molecular flexibility index (Phi) is 7.90. The maximum Gasteiger partial charge on any atom is 0.255 e. The number of hydrogen-bond acceptors (Lipinski definition) is 7. The summed E-state index contributed by atoms with van der Waals surface area (Å²) in [5, 5.41) is 34.6. The Labute approximate surface area is 238 Å². The van der Waals surface area contributed by atoms with Gasteiger partial charge in [0.2, 0.25) is 0 Å². The van der Waals surface area contributed by atoms with E-state index in [0.717, 1.165) is 36.5 Å². The molecule has 4 N–H and O–H groups in total. The summed E-state index contributed by atoms with van der Waals surface area (Å²) in [5.41, 5.74) is -1.96. The molecule has 1 heterocycles. The van der Waals surface area contributed by atoms with Crippen LogP contribution in [0.15, 0.2) is 59.6 Å². The molecular formula is C28H26ClF3N2O6S. The third-order valence-electron chi connectivity index (χ3n) is 8.21. The lowest BCUT2D eigenvalue weighted by molar-refractivity contribution is -0.178. The number of rotatable bonds is 7. The van der Waals surface area contributed by atoms with Crippen molar-refractivity contribution >= 4 is 33.0 Å². The summed E-state index contributed by atoms with van der Waals surface area (Å²) in [6, 6.07) is 8.69. The number of halogens is 4. The van der Waals surface area contributed by atoms with E-state index < -0.39 is 68.1 Å². The monoisotopic (exact) mass is 610 g/mol. The normalized spacial score (nSPS) is 25.5. The van der Waals surface area contributed by atoms with Crippen molar-refractivity contribution in [1.82, 2.24) is 4.98 Å². The molecule has 0 saturated heterocycles. The molecule has 0 radical (unpaired) electrons. The molecular weight excluding hydrogens is 585 g/mol. The number of anilines is 1. The number of carbonyl (C=O) groups excluding carboxylic acids is 1. The van der Waals surface area contributed by atoms with Crippen LogP contribution in [0.2, 0.25) is 5.02 Å². The molecule has 8 nitrogen and oxygen atoms in total. The average Bonchev–Trinajstić information content (AvgIpc) is 3.10. The third-order valence-corrected chi connectivity index (χ3v) is 10.9. The molecule has 0 spiro atoms. The highest BCUT2D eigenvalue weighted by Gasteiger charge is 2.60. The van der Waals surface area contributed by atoms with E-state index in [-0.39, 0.29) is 39.7 Å². The van der Waals surface area contributed by atoms with Gasteiger partial charge in [0.1, 0.15) is 18.0 Å². The number of nitrogens with one attached hydrogen (secondary N) is 1. The van der Waals surface area contributed by atoms with Crippen LogP contribution in [0.4, 0.5) is 18.9 Å². The fourth-order valence-corrected chi connectivity index (χ4v) is 8.48. The van der Waals surface area contributed by atoms with E-state index in [1.165, 1.54) is 18.2 Å². The lowest BCUT2D eigenvalue weighted by Gasteiger charge is -2.46.